The molecule has 5 rings (SSSR count). The number of aromatic nitrogens is 1. The zero-order valence-electron chi connectivity index (χ0n) is 20.0. The van der Waals surface area contributed by atoms with E-state index in [4.69, 9.17) is 0 Å². The minimum absolute atomic E-state index is 0.0371. The Balaban J connectivity index is 1.47. The second-order valence-corrected chi connectivity index (χ2v) is 11.1. The summed E-state index contributed by atoms with van der Waals surface area (Å²) in [6.45, 7) is 5.20. The van der Waals surface area contributed by atoms with Crippen LogP contribution in [-0.4, -0.2) is 39.4 Å². The van der Waals surface area contributed by atoms with Crippen LogP contribution in [0.15, 0.2) is 60.0 Å². The van der Waals surface area contributed by atoms with Gasteiger partial charge in [0.25, 0.3) is 5.91 Å². The van der Waals surface area contributed by atoms with Crippen LogP contribution >= 0.6 is 11.3 Å². The zero-order valence-corrected chi connectivity index (χ0v) is 20.8. The number of hydrogen-bond acceptors (Lipinski definition) is 3. The van der Waals surface area contributed by atoms with Gasteiger partial charge in [-0.05, 0) is 74.1 Å². The lowest BCUT2D eigenvalue weighted by Crippen LogP contribution is -2.65. The third-order valence-electron chi connectivity index (χ3n) is 7.58. The van der Waals surface area contributed by atoms with Gasteiger partial charge in [0.05, 0.1) is 6.54 Å². The van der Waals surface area contributed by atoms with Gasteiger partial charge in [0.1, 0.15) is 11.2 Å². The number of benzene rings is 1. The van der Waals surface area contributed by atoms with Crippen LogP contribution < -0.4 is 5.32 Å². The van der Waals surface area contributed by atoms with E-state index in [2.05, 4.69) is 35.8 Å². The standard InChI is InChI=1S/C28H33N3O2S/c1-20-10-12-22(13-11-20)29-27(33)28(2)19-30-24(21-7-4-3-5-8-21)14-15-25(30)26(32)31(28)17-16-23-9-6-18-34-23/h3-9,14-15,18,20,22H,10-13,16-17,19H2,1-2H3,(H,29,33). The van der Waals surface area contributed by atoms with Gasteiger partial charge in [0, 0.05) is 23.2 Å². The number of rotatable bonds is 6. The Labute approximate surface area is 205 Å². The highest BCUT2D eigenvalue weighted by atomic mass is 32.1. The van der Waals surface area contributed by atoms with Crippen molar-refractivity contribution in [2.45, 2.75) is 64.1 Å². The van der Waals surface area contributed by atoms with Gasteiger partial charge in [-0.1, -0.05) is 43.3 Å². The number of amides is 2. The highest BCUT2D eigenvalue weighted by Crippen LogP contribution is 2.34. The minimum atomic E-state index is -0.951. The lowest BCUT2D eigenvalue weighted by Gasteiger charge is -2.45. The van der Waals surface area contributed by atoms with Crippen molar-refractivity contribution in [1.82, 2.24) is 14.8 Å². The molecule has 178 valence electrons. The van der Waals surface area contributed by atoms with Crippen molar-refractivity contribution in [3.05, 3.63) is 70.5 Å². The number of thiophene rings is 1. The lowest BCUT2D eigenvalue weighted by molar-refractivity contribution is -0.133. The van der Waals surface area contributed by atoms with Crippen molar-refractivity contribution in [1.29, 1.82) is 0 Å². The van der Waals surface area contributed by atoms with Gasteiger partial charge in [-0.2, -0.15) is 0 Å². The van der Waals surface area contributed by atoms with Gasteiger partial charge >= 0.3 is 0 Å². The summed E-state index contributed by atoms with van der Waals surface area (Å²) in [5, 5.41) is 5.39. The minimum Gasteiger partial charge on any atom is -0.351 e. The van der Waals surface area contributed by atoms with E-state index in [1.165, 1.54) is 4.88 Å². The fourth-order valence-electron chi connectivity index (χ4n) is 5.41. The summed E-state index contributed by atoms with van der Waals surface area (Å²) < 4.78 is 2.04. The van der Waals surface area contributed by atoms with Crippen molar-refractivity contribution in [2.75, 3.05) is 6.54 Å². The summed E-state index contributed by atoms with van der Waals surface area (Å²) in [5.41, 5.74) is 1.74. The second-order valence-electron chi connectivity index (χ2n) is 10.0. The Bertz CT molecular complexity index is 1150. The molecule has 1 aromatic carbocycles. The van der Waals surface area contributed by atoms with E-state index in [1.807, 2.05) is 52.8 Å². The summed E-state index contributed by atoms with van der Waals surface area (Å²) in [4.78, 5) is 30.7. The summed E-state index contributed by atoms with van der Waals surface area (Å²) in [6.07, 6.45) is 5.05. The number of carbonyl (C=O) groups excluding carboxylic acids is 2. The van der Waals surface area contributed by atoms with Gasteiger partial charge in [0.2, 0.25) is 5.91 Å². The fourth-order valence-corrected chi connectivity index (χ4v) is 6.10. The maximum atomic E-state index is 13.9. The number of nitrogens with one attached hydrogen (secondary N) is 1. The maximum Gasteiger partial charge on any atom is 0.271 e. The van der Waals surface area contributed by atoms with Gasteiger partial charge in [-0.25, -0.2) is 0 Å². The first-order valence-corrected chi connectivity index (χ1v) is 13.2. The van der Waals surface area contributed by atoms with E-state index in [1.54, 1.807) is 11.3 Å². The van der Waals surface area contributed by atoms with Crippen molar-refractivity contribution in [3.63, 3.8) is 0 Å². The summed E-state index contributed by atoms with van der Waals surface area (Å²) in [6, 6.07) is 18.3. The Morgan fingerprint density at radius 2 is 1.76 bits per heavy atom. The molecule has 1 fully saturated rings. The van der Waals surface area contributed by atoms with Gasteiger partial charge in [0.15, 0.2) is 0 Å². The molecule has 1 aliphatic heterocycles. The van der Waals surface area contributed by atoms with Gasteiger partial charge < -0.3 is 14.8 Å². The lowest BCUT2D eigenvalue weighted by atomic mass is 9.86. The molecular formula is C28H33N3O2S. The smallest absolute Gasteiger partial charge is 0.271 e. The quantitative estimate of drug-likeness (QED) is 0.521. The molecule has 2 amide bonds. The second kappa shape index (κ2) is 9.41. The van der Waals surface area contributed by atoms with E-state index in [9.17, 15) is 9.59 Å². The Hall–Kier alpha value is -2.86. The third-order valence-corrected chi connectivity index (χ3v) is 8.51. The van der Waals surface area contributed by atoms with E-state index < -0.39 is 5.54 Å². The van der Waals surface area contributed by atoms with Crippen LogP contribution in [0, 0.1) is 5.92 Å². The van der Waals surface area contributed by atoms with Gasteiger partial charge in [-0.15, -0.1) is 11.3 Å². The van der Waals surface area contributed by atoms with E-state index in [0.29, 0.717) is 18.8 Å². The van der Waals surface area contributed by atoms with Crippen LogP contribution in [0.5, 0.6) is 0 Å². The van der Waals surface area contributed by atoms with Crippen LogP contribution in [0.4, 0.5) is 0 Å². The molecule has 3 aromatic rings. The average Bonchev–Trinajstić information content (AvgIpc) is 3.51. The number of nitrogens with zero attached hydrogens (tertiary/aromatic N) is 2. The highest BCUT2D eigenvalue weighted by Gasteiger charge is 2.48. The summed E-state index contributed by atoms with van der Waals surface area (Å²) >= 11 is 1.69. The molecule has 1 saturated carbocycles. The first-order valence-electron chi connectivity index (χ1n) is 12.4. The van der Waals surface area contributed by atoms with Crippen molar-refractivity contribution in [2.24, 2.45) is 5.92 Å². The van der Waals surface area contributed by atoms with Crippen LogP contribution in [0.1, 0.15) is 54.9 Å². The van der Waals surface area contributed by atoms with Crippen LogP contribution in [0.2, 0.25) is 0 Å². The molecule has 2 aromatic heterocycles. The molecule has 1 unspecified atom stereocenters. The summed E-state index contributed by atoms with van der Waals surface area (Å²) in [5.74, 6) is 0.614. The molecule has 3 heterocycles. The molecule has 1 atom stereocenters. The Kier molecular flexibility index (Phi) is 6.34. The highest BCUT2D eigenvalue weighted by molar-refractivity contribution is 7.09. The largest absolute Gasteiger partial charge is 0.351 e. The molecule has 5 nitrogen and oxygen atoms in total. The fraction of sp³-hybridized carbons (Fsp3) is 0.429. The normalized spacial score (nSPS) is 24.6. The van der Waals surface area contributed by atoms with Crippen molar-refractivity contribution in [3.8, 4) is 11.3 Å². The van der Waals surface area contributed by atoms with Crippen molar-refractivity contribution >= 4 is 23.2 Å². The molecule has 0 radical (unpaired) electrons. The van der Waals surface area contributed by atoms with Crippen molar-refractivity contribution < 1.29 is 9.59 Å². The van der Waals surface area contributed by atoms with Gasteiger partial charge in [-0.3, -0.25) is 9.59 Å². The van der Waals surface area contributed by atoms with Crippen LogP contribution in [0.3, 0.4) is 0 Å². The third kappa shape index (κ3) is 4.31. The maximum absolute atomic E-state index is 13.9. The predicted octanol–water partition coefficient (Wildman–Crippen LogP) is 5.37. The van der Waals surface area contributed by atoms with E-state index in [-0.39, 0.29) is 17.9 Å². The van der Waals surface area contributed by atoms with Crippen LogP contribution in [0.25, 0.3) is 11.3 Å². The van der Waals surface area contributed by atoms with E-state index in [0.717, 1.165) is 49.3 Å². The van der Waals surface area contributed by atoms with Crippen LogP contribution in [-0.2, 0) is 17.8 Å². The predicted molar refractivity (Wildman–Crippen MR) is 137 cm³/mol. The Morgan fingerprint density at radius 1 is 1.03 bits per heavy atom. The molecule has 34 heavy (non-hydrogen) atoms. The monoisotopic (exact) mass is 475 g/mol. The SMILES string of the molecule is CC1CCC(NC(=O)C2(C)Cn3c(ccc3-c3ccccc3)C(=O)N2CCc2cccs2)CC1. The molecule has 0 spiro atoms. The number of hydrogen-bond donors (Lipinski definition) is 1. The average molecular weight is 476 g/mol. The number of carbonyl (C=O) groups is 2. The molecule has 2 aliphatic rings. The molecular weight excluding hydrogens is 442 g/mol. The zero-order chi connectivity index (χ0) is 23.7. The molecule has 0 saturated heterocycles. The molecule has 6 heteroatoms. The molecule has 1 N–H and O–H groups in total. The first-order chi connectivity index (χ1) is 16.5. The summed E-state index contributed by atoms with van der Waals surface area (Å²) in [7, 11) is 0. The van der Waals surface area contributed by atoms with E-state index >= 15 is 0 Å². The number of fused-ring (bicyclic) bond motifs is 1. The molecule has 0 bridgehead atoms. The first kappa shape index (κ1) is 22.9. The topological polar surface area (TPSA) is 54.3 Å². The molecule has 1 aliphatic carbocycles. The Morgan fingerprint density at radius 3 is 2.47 bits per heavy atom.